The number of rotatable bonds is 3. The van der Waals surface area contributed by atoms with Crippen molar-refractivity contribution in [1.82, 2.24) is 9.80 Å². The molecule has 0 radical (unpaired) electrons. The molecule has 2 fully saturated rings. The molecule has 0 atom stereocenters. The summed E-state index contributed by atoms with van der Waals surface area (Å²) in [6.07, 6.45) is 4.25. The molecule has 2 heterocycles. The lowest BCUT2D eigenvalue weighted by Gasteiger charge is -2.27. The fraction of sp³-hybridized carbons (Fsp3) is 0.938. The van der Waals surface area contributed by atoms with Crippen molar-refractivity contribution in [3.8, 4) is 0 Å². The van der Waals surface area contributed by atoms with Crippen LogP contribution in [0.1, 0.15) is 32.6 Å². The molecule has 124 valence electrons. The molecule has 0 aromatic carbocycles. The van der Waals surface area contributed by atoms with Gasteiger partial charge in [-0.1, -0.05) is 0 Å². The van der Waals surface area contributed by atoms with E-state index >= 15 is 0 Å². The molecular formula is C16H32N2O3. The molecule has 2 saturated heterocycles. The third kappa shape index (κ3) is 7.25. The molecule has 21 heavy (non-hydrogen) atoms. The SMILES string of the molecule is CCOC(=O)C1CCN(C)CC1.CN1CCC(CO)CC1. The Hall–Kier alpha value is -0.650. The Bertz CT molecular complexity index is 283. The van der Waals surface area contributed by atoms with Crippen molar-refractivity contribution in [2.75, 3.05) is 53.5 Å². The molecule has 0 aromatic rings. The minimum Gasteiger partial charge on any atom is -0.466 e. The lowest BCUT2D eigenvalue weighted by molar-refractivity contribution is -0.149. The molecule has 2 rings (SSSR count). The number of nitrogens with zero attached hydrogens (tertiary/aromatic N) is 2. The molecule has 2 aliphatic rings. The van der Waals surface area contributed by atoms with Crippen LogP contribution in [0.3, 0.4) is 0 Å². The Balaban J connectivity index is 0.000000219. The van der Waals surface area contributed by atoms with Gasteiger partial charge < -0.3 is 19.6 Å². The van der Waals surface area contributed by atoms with Gasteiger partial charge in [0.2, 0.25) is 0 Å². The van der Waals surface area contributed by atoms with Crippen molar-refractivity contribution in [3.05, 3.63) is 0 Å². The Labute approximate surface area is 129 Å². The van der Waals surface area contributed by atoms with Crippen LogP contribution in [0.15, 0.2) is 0 Å². The van der Waals surface area contributed by atoms with Gasteiger partial charge in [-0.25, -0.2) is 0 Å². The van der Waals surface area contributed by atoms with E-state index in [1.807, 2.05) is 6.92 Å². The van der Waals surface area contributed by atoms with Gasteiger partial charge in [-0.15, -0.1) is 0 Å². The molecule has 0 spiro atoms. The minimum absolute atomic E-state index is 0.00870. The van der Waals surface area contributed by atoms with E-state index in [0.717, 1.165) is 39.0 Å². The number of hydrogen-bond donors (Lipinski definition) is 1. The maximum atomic E-state index is 11.3. The second-order valence-electron chi connectivity index (χ2n) is 6.26. The molecular weight excluding hydrogens is 268 g/mol. The largest absolute Gasteiger partial charge is 0.466 e. The zero-order valence-electron chi connectivity index (χ0n) is 13.9. The maximum Gasteiger partial charge on any atom is 0.309 e. The van der Waals surface area contributed by atoms with Crippen LogP contribution in [-0.2, 0) is 9.53 Å². The van der Waals surface area contributed by atoms with Crippen molar-refractivity contribution in [3.63, 3.8) is 0 Å². The van der Waals surface area contributed by atoms with Crippen LogP contribution < -0.4 is 0 Å². The van der Waals surface area contributed by atoms with Crippen molar-refractivity contribution >= 4 is 5.97 Å². The van der Waals surface area contributed by atoms with E-state index in [2.05, 4.69) is 23.9 Å². The zero-order valence-corrected chi connectivity index (χ0v) is 13.9. The fourth-order valence-electron chi connectivity index (χ4n) is 2.75. The quantitative estimate of drug-likeness (QED) is 0.794. The number of carbonyl (C=O) groups is 1. The van der Waals surface area contributed by atoms with Gasteiger partial charge in [0.05, 0.1) is 12.5 Å². The fourth-order valence-corrected chi connectivity index (χ4v) is 2.75. The standard InChI is InChI=1S/C9H17NO2.C7H15NO/c1-3-12-9(11)8-4-6-10(2)7-5-8;1-8-4-2-7(6-9)3-5-8/h8H,3-7H2,1-2H3;7,9H,2-6H2,1H3. The summed E-state index contributed by atoms with van der Waals surface area (Å²) in [6.45, 7) is 7.09. The molecule has 0 aromatic heterocycles. The van der Waals surface area contributed by atoms with Gasteiger partial charge in [-0.05, 0) is 78.8 Å². The van der Waals surface area contributed by atoms with Crippen LogP contribution in [0, 0.1) is 11.8 Å². The zero-order chi connectivity index (χ0) is 15.7. The van der Waals surface area contributed by atoms with Crippen LogP contribution >= 0.6 is 0 Å². The summed E-state index contributed by atoms with van der Waals surface area (Å²) in [5, 5.41) is 8.76. The van der Waals surface area contributed by atoms with E-state index in [1.165, 1.54) is 12.8 Å². The number of ether oxygens (including phenoxy) is 1. The van der Waals surface area contributed by atoms with E-state index < -0.39 is 0 Å². The first-order chi connectivity index (χ1) is 10.1. The Morgan fingerprint density at radius 3 is 1.95 bits per heavy atom. The number of likely N-dealkylation sites (tertiary alicyclic amines) is 2. The van der Waals surface area contributed by atoms with Crippen LogP contribution in [0.4, 0.5) is 0 Å². The summed E-state index contributed by atoms with van der Waals surface area (Å²) >= 11 is 0. The molecule has 0 aliphatic carbocycles. The normalized spacial score (nSPS) is 22.5. The second kappa shape index (κ2) is 10.1. The highest BCUT2D eigenvalue weighted by Gasteiger charge is 2.23. The van der Waals surface area contributed by atoms with Crippen LogP contribution in [-0.4, -0.2) is 74.4 Å². The van der Waals surface area contributed by atoms with E-state index in [0.29, 0.717) is 19.1 Å². The summed E-state index contributed by atoms with van der Waals surface area (Å²) in [4.78, 5) is 15.8. The third-order valence-corrected chi connectivity index (χ3v) is 4.43. The summed E-state index contributed by atoms with van der Waals surface area (Å²) in [5.74, 6) is 0.730. The van der Waals surface area contributed by atoms with E-state index in [1.54, 1.807) is 0 Å². The van der Waals surface area contributed by atoms with Crippen LogP contribution in [0.25, 0.3) is 0 Å². The smallest absolute Gasteiger partial charge is 0.309 e. The van der Waals surface area contributed by atoms with Gasteiger partial charge in [0.1, 0.15) is 0 Å². The van der Waals surface area contributed by atoms with Gasteiger partial charge in [-0.2, -0.15) is 0 Å². The lowest BCUT2D eigenvalue weighted by atomic mass is 9.97. The maximum absolute atomic E-state index is 11.3. The Morgan fingerprint density at radius 2 is 1.52 bits per heavy atom. The molecule has 0 unspecified atom stereocenters. The molecule has 5 heteroatoms. The van der Waals surface area contributed by atoms with Crippen molar-refractivity contribution in [2.45, 2.75) is 32.6 Å². The van der Waals surface area contributed by atoms with E-state index in [-0.39, 0.29) is 11.9 Å². The second-order valence-corrected chi connectivity index (χ2v) is 6.26. The number of aliphatic hydroxyl groups is 1. The van der Waals surface area contributed by atoms with Gasteiger partial charge in [0.15, 0.2) is 0 Å². The first-order valence-corrected chi connectivity index (χ1v) is 8.21. The molecule has 0 amide bonds. The molecule has 2 aliphatic heterocycles. The number of piperidine rings is 2. The highest BCUT2D eigenvalue weighted by Crippen LogP contribution is 2.17. The van der Waals surface area contributed by atoms with Gasteiger partial charge in [0.25, 0.3) is 0 Å². The van der Waals surface area contributed by atoms with Gasteiger partial charge in [0, 0.05) is 6.61 Å². The van der Waals surface area contributed by atoms with E-state index in [4.69, 9.17) is 9.84 Å². The summed E-state index contributed by atoms with van der Waals surface area (Å²) in [7, 11) is 4.22. The van der Waals surface area contributed by atoms with Crippen LogP contribution in [0.5, 0.6) is 0 Å². The number of aliphatic hydroxyl groups excluding tert-OH is 1. The summed E-state index contributed by atoms with van der Waals surface area (Å²) < 4.78 is 4.96. The lowest BCUT2D eigenvalue weighted by Crippen LogP contribution is -2.34. The predicted octanol–water partition coefficient (Wildman–Crippen LogP) is 1.21. The summed E-state index contributed by atoms with van der Waals surface area (Å²) in [5.41, 5.74) is 0. The minimum atomic E-state index is -0.00870. The topological polar surface area (TPSA) is 53.0 Å². The highest BCUT2D eigenvalue weighted by atomic mass is 16.5. The molecule has 5 nitrogen and oxygen atoms in total. The number of carbonyl (C=O) groups excluding carboxylic acids is 1. The number of esters is 1. The monoisotopic (exact) mass is 300 g/mol. The average molecular weight is 300 g/mol. The molecule has 0 bridgehead atoms. The number of hydrogen-bond acceptors (Lipinski definition) is 5. The first-order valence-electron chi connectivity index (χ1n) is 8.21. The predicted molar refractivity (Wildman–Crippen MR) is 84.2 cm³/mol. The van der Waals surface area contributed by atoms with Crippen molar-refractivity contribution in [1.29, 1.82) is 0 Å². The van der Waals surface area contributed by atoms with Crippen molar-refractivity contribution in [2.24, 2.45) is 11.8 Å². The van der Waals surface area contributed by atoms with Gasteiger partial charge >= 0.3 is 5.97 Å². The average Bonchev–Trinajstić information content (AvgIpc) is 2.50. The molecule has 1 N–H and O–H groups in total. The van der Waals surface area contributed by atoms with Gasteiger partial charge in [-0.3, -0.25) is 4.79 Å². The Morgan fingerprint density at radius 1 is 1.05 bits per heavy atom. The molecule has 0 saturated carbocycles. The van der Waals surface area contributed by atoms with Crippen molar-refractivity contribution < 1.29 is 14.6 Å². The Kier molecular flexibility index (Phi) is 8.88. The highest BCUT2D eigenvalue weighted by molar-refractivity contribution is 5.72. The van der Waals surface area contributed by atoms with Crippen LogP contribution in [0.2, 0.25) is 0 Å². The first kappa shape index (κ1) is 18.4. The third-order valence-electron chi connectivity index (χ3n) is 4.43. The summed E-state index contributed by atoms with van der Waals surface area (Å²) in [6, 6.07) is 0. The van der Waals surface area contributed by atoms with E-state index in [9.17, 15) is 4.79 Å².